The van der Waals surface area contributed by atoms with Crippen molar-refractivity contribution in [1.82, 2.24) is 0 Å². The molecule has 0 aliphatic heterocycles. The molecule has 0 radical (unpaired) electrons. The van der Waals surface area contributed by atoms with Gasteiger partial charge in [0.25, 0.3) is 0 Å². The van der Waals surface area contributed by atoms with Gasteiger partial charge in [0, 0.05) is 5.56 Å². The monoisotopic (exact) mass is 243 g/mol. The summed E-state index contributed by atoms with van der Waals surface area (Å²) in [5.41, 5.74) is 10.5. The quantitative estimate of drug-likeness (QED) is 0.875. The summed E-state index contributed by atoms with van der Waals surface area (Å²) in [6, 6.07) is 11.4. The number of benzene rings is 2. The molecule has 0 saturated carbocycles. The zero-order valence-electron chi connectivity index (χ0n) is 10.8. The van der Waals surface area contributed by atoms with Gasteiger partial charge in [0.2, 0.25) is 0 Å². The maximum atomic E-state index is 13.9. The molecule has 18 heavy (non-hydrogen) atoms. The van der Waals surface area contributed by atoms with Crippen molar-refractivity contribution in [2.75, 3.05) is 6.54 Å². The second-order valence-corrected chi connectivity index (χ2v) is 4.66. The maximum absolute atomic E-state index is 13.9. The minimum absolute atomic E-state index is 0.169. The first-order valence-corrected chi connectivity index (χ1v) is 6.18. The molecule has 0 bridgehead atoms. The highest BCUT2D eigenvalue weighted by Crippen LogP contribution is 2.25. The number of hydrogen-bond acceptors (Lipinski definition) is 1. The van der Waals surface area contributed by atoms with E-state index in [1.54, 1.807) is 6.07 Å². The van der Waals surface area contributed by atoms with Gasteiger partial charge in [-0.1, -0.05) is 30.3 Å². The summed E-state index contributed by atoms with van der Waals surface area (Å²) in [4.78, 5) is 0. The largest absolute Gasteiger partial charge is 0.330 e. The molecule has 0 amide bonds. The third-order valence-corrected chi connectivity index (χ3v) is 3.20. The van der Waals surface area contributed by atoms with Crippen molar-refractivity contribution in [3.8, 4) is 11.1 Å². The van der Waals surface area contributed by atoms with Gasteiger partial charge in [-0.15, -0.1) is 0 Å². The van der Waals surface area contributed by atoms with Gasteiger partial charge in [0.05, 0.1) is 0 Å². The summed E-state index contributed by atoms with van der Waals surface area (Å²) in [6.07, 6.45) is 0.827. The predicted molar refractivity (Wildman–Crippen MR) is 74.1 cm³/mol. The highest BCUT2D eigenvalue weighted by molar-refractivity contribution is 5.66. The first-order valence-electron chi connectivity index (χ1n) is 6.18. The van der Waals surface area contributed by atoms with Crippen LogP contribution in [0.2, 0.25) is 0 Å². The SMILES string of the molecule is Cc1ccc(-c2ccc(C)c(CCN)c2)c(F)c1. The van der Waals surface area contributed by atoms with E-state index >= 15 is 0 Å². The minimum atomic E-state index is -0.169. The van der Waals surface area contributed by atoms with Crippen LogP contribution in [0.15, 0.2) is 36.4 Å². The van der Waals surface area contributed by atoms with Gasteiger partial charge < -0.3 is 5.73 Å². The topological polar surface area (TPSA) is 26.0 Å². The lowest BCUT2D eigenvalue weighted by atomic mass is 9.97. The first kappa shape index (κ1) is 12.8. The molecule has 0 aliphatic carbocycles. The molecule has 2 rings (SSSR count). The highest BCUT2D eigenvalue weighted by atomic mass is 19.1. The first-order chi connectivity index (χ1) is 8.61. The lowest BCUT2D eigenvalue weighted by Gasteiger charge is -2.09. The number of hydrogen-bond donors (Lipinski definition) is 1. The molecule has 0 unspecified atom stereocenters. The van der Waals surface area contributed by atoms with E-state index in [9.17, 15) is 4.39 Å². The van der Waals surface area contributed by atoms with Crippen LogP contribution in [0.5, 0.6) is 0 Å². The minimum Gasteiger partial charge on any atom is -0.330 e. The molecule has 2 heteroatoms. The fourth-order valence-corrected chi connectivity index (χ4v) is 2.12. The Kier molecular flexibility index (Phi) is 3.78. The van der Waals surface area contributed by atoms with Crippen LogP contribution in [-0.2, 0) is 6.42 Å². The van der Waals surface area contributed by atoms with Gasteiger partial charge in [0.1, 0.15) is 5.82 Å². The van der Waals surface area contributed by atoms with Crippen molar-refractivity contribution in [2.45, 2.75) is 20.3 Å². The van der Waals surface area contributed by atoms with Crippen LogP contribution in [0.4, 0.5) is 4.39 Å². The number of rotatable bonds is 3. The number of halogens is 1. The molecule has 0 atom stereocenters. The Hall–Kier alpha value is -1.67. The predicted octanol–water partition coefficient (Wildman–Crippen LogP) is 3.61. The Bertz CT molecular complexity index is 561. The summed E-state index contributed by atoms with van der Waals surface area (Å²) >= 11 is 0. The van der Waals surface area contributed by atoms with E-state index in [1.165, 1.54) is 11.1 Å². The third-order valence-electron chi connectivity index (χ3n) is 3.20. The summed E-state index contributed by atoms with van der Waals surface area (Å²) < 4.78 is 13.9. The normalized spacial score (nSPS) is 10.7. The van der Waals surface area contributed by atoms with E-state index in [-0.39, 0.29) is 5.82 Å². The molecule has 2 aromatic carbocycles. The van der Waals surface area contributed by atoms with Crippen LogP contribution < -0.4 is 5.73 Å². The van der Waals surface area contributed by atoms with Gasteiger partial charge in [0.15, 0.2) is 0 Å². The molecule has 0 heterocycles. The second kappa shape index (κ2) is 5.32. The molecular weight excluding hydrogens is 225 g/mol. The average molecular weight is 243 g/mol. The van der Waals surface area contributed by atoms with Crippen LogP contribution in [0.25, 0.3) is 11.1 Å². The van der Waals surface area contributed by atoms with Crippen molar-refractivity contribution in [3.05, 3.63) is 58.9 Å². The van der Waals surface area contributed by atoms with Gasteiger partial charge in [-0.25, -0.2) is 4.39 Å². The number of nitrogens with two attached hydrogens (primary N) is 1. The van der Waals surface area contributed by atoms with Crippen LogP contribution in [0, 0.1) is 19.7 Å². The molecule has 2 aromatic rings. The van der Waals surface area contributed by atoms with E-state index in [0.717, 1.165) is 17.5 Å². The molecule has 0 aliphatic rings. The Morgan fingerprint density at radius 1 is 1.06 bits per heavy atom. The smallest absolute Gasteiger partial charge is 0.131 e. The molecule has 0 saturated heterocycles. The van der Waals surface area contributed by atoms with Crippen molar-refractivity contribution in [3.63, 3.8) is 0 Å². The second-order valence-electron chi connectivity index (χ2n) is 4.66. The fraction of sp³-hybridized carbons (Fsp3) is 0.250. The molecule has 2 N–H and O–H groups in total. The van der Waals surface area contributed by atoms with Crippen molar-refractivity contribution < 1.29 is 4.39 Å². The van der Waals surface area contributed by atoms with Gasteiger partial charge in [-0.3, -0.25) is 0 Å². The van der Waals surface area contributed by atoms with Gasteiger partial charge in [-0.2, -0.15) is 0 Å². The van der Waals surface area contributed by atoms with Crippen LogP contribution >= 0.6 is 0 Å². The van der Waals surface area contributed by atoms with Crippen molar-refractivity contribution >= 4 is 0 Å². The van der Waals surface area contributed by atoms with E-state index in [2.05, 4.69) is 6.92 Å². The molecule has 0 fully saturated rings. The van der Waals surface area contributed by atoms with Crippen molar-refractivity contribution in [2.24, 2.45) is 5.73 Å². The Labute approximate surface area is 107 Å². The average Bonchev–Trinajstić information content (AvgIpc) is 2.33. The molecule has 0 spiro atoms. The highest BCUT2D eigenvalue weighted by Gasteiger charge is 2.07. The Balaban J connectivity index is 2.47. The van der Waals surface area contributed by atoms with E-state index in [0.29, 0.717) is 12.1 Å². The van der Waals surface area contributed by atoms with Gasteiger partial charge in [-0.05, 0) is 55.1 Å². The van der Waals surface area contributed by atoms with Crippen LogP contribution in [0.1, 0.15) is 16.7 Å². The Morgan fingerprint density at radius 2 is 1.83 bits per heavy atom. The lowest BCUT2D eigenvalue weighted by Crippen LogP contribution is -2.04. The number of aryl methyl sites for hydroxylation is 2. The van der Waals surface area contributed by atoms with E-state index < -0.39 is 0 Å². The summed E-state index contributed by atoms with van der Waals surface area (Å²) in [5, 5.41) is 0. The Morgan fingerprint density at radius 3 is 2.50 bits per heavy atom. The molecule has 94 valence electrons. The summed E-state index contributed by atoms with van der Waals surface area (Å²) in [6.45, 7) is 4.56. The summed E-state index contributed by atoms with van der Waals surface area (Å²) in [7, 11) is 0. The molecule has 1 nitrogen and oxygen atoms in total. The standard InChI is InChI=1S/C16H18FN/c1-11-3-6-15(16(17)9-11)14-5-4-12(2)13(10-14)7-8-18/h3-6,9-10H,7-8,18H2,1-2H3. The van der Waals surface area contributed by atoms with Crippen LogP contribution in [-0.4, -0.2) is 6.54 Å². The maximum Gasteiger partial charge on any atom is 0.131 e. The molecular formula is C16H18FN. The van der Waals surface area contributed by atoms with Gasteiger partial charge >= 0.3 is 0 Å². The zero-order valence-corrected chi connectivity index (χ0v) is 10.8. The van der Waals surface area contributed by atoms with E-state index in [1.807, 2.05) is 37.3 Å². The van der Waals surface area contributed by atoms with E-state index in [4.69, 9.17) is 5.73 Å². The third kappa shape index (κ3) is 2.59. The van der Waals surface area contributed by atoms with Crippen molar-refractivity contribution in [1.29, 1.82) is 0 Å². The zero-order chi connectivity index (χ0) is 13.1. The molecule has 0 aromatic heterocycles. The lowest BCUT2D eigenvalue weighted by molar-refractivity contribution is 0.630. The van der Waals surface area contributed by atoms with Crippen LogP contribution in [0.3, 0.4) is 0 Å². The summed E-state index contributed by atoms with van der Waals surface area (Å²) in [5.74, 6) is -0.169. The fourth-order valence-electron chi connectivity index (χ4n) is 2.12.